The van der Waals surface area contributed by atoms with E-state index >= 15 is 0 Å². The molecule has 356 valence electrons. The molecule has 60 heavy (non-hydrogen) atoms. The lowest BCUT2D eigenvalue weighted by Crippen LogP contribution is -2.30. The molecule has 0 N–H and O–H groups in total. The van der Waals surface area contributed by atoms with Crippen LogP contribution >= 0.6 is 0 Å². The predicted molar refractivity (Wildman–Crippen MR) is 261 cm³/mol. The lowest BCUT2D eigenvalue weighted by molar-refractivity contribution is -0.163. The predicted octanol–water partition coefficient (Wildman–Crippen LogP) is 18.2. The van der Waals surface area contributed by atoms with Gasteiger partial charge in [-0.15, -0.1) is 0 Å². The van der Waals surface area contributed by atoms with Crippen molar-refractivity contribution in [1.82, 2.24) is 0 Å². The summed E-state index contributed by atoms with van der Waals surface area (Å²) >= 11 is 0. The van der Waals surface area contributed by atoms with E-state index in [2.05, 4.69) is 32.9 Å². The topological polar surface area (TPSA) is 61.8 Å². The third-order valence-electron chi connectivity index (χ3n) is 12.3. The summed E-state index contributed by atoms with van der Waals surface area (Å²) in [6, 6.07) is 0. The quantitative estimate of drug-likeness (QED) is 0.0347. The molecule has 0 saturated heterocycles. The fourth-order valence-electron chi connectivity index (χ4n) is 8.21. The molecule has 0 saturated carbocycles. The summed E-state index contributed by atoms with van der Waals surface area (Å²) in [7, 11) is 0. The van der Waals surface area contributed by atoms with E-state index in [-0.39, 0.29) is 18.5 Å². The van der Waals surface area contributed by atoms with Gasteiger partial charge in [0.2, 0.25) is 0 Å². The van der Waals surface area contributed by atoms with Crippen molar-refractivity contribution < 1.29 is 23.8 Å². The Morgan fingerprint density at radius 1 is 0.350 bits per heavy atom. The first-order valence-electron chi connectivity index (χ1n) is 27.2. The fourth-order valence-corrected chi connectivity index (χ4v) is 8.21. The Hall–Kier alpha value is -1.36. The maximum Gasteiger partial charge on any atom is 0.306 e. The summed E-state index contributed by atoms with van der Waals surface area (Å²) in [4.78, 5) is 25.4. The average molecular weight is 847 g/mol. The SMILES string of the molecule is CCCCCCCC/C=C\CCCCCCCC(=O)OC(COCCCCCCCCCCCCCCCC)COC(=O)CCCCCCCCCCCCCCCCC. The first-order valence-corrected chi connectivity index (χ1v) is 27.2. The fraction of sp³-hybridized carbons (Fsp3) is 0.927. The standard InChI is InChI=1S/C55H106O5/c1-4-7-10-13-16-19-22-25-28-30-33-36-39-42-45-48-54(56)59-52-53(51-58-50-47-44-41-38-35-32-27-24-21-18-15-12-9-6-3)60-55(57)49-46-43-40-37-34-31-29-26-23-20-17-14-11-8-5-2/h26,29,53H,4-25,27-28,30-52H2,1-3H3/b29-26-. The van der Waals surface area contributed by atoms with Crippen LogP contribution < -0.4 is 0 Å². The highest BCUT2D eigenvalue weighted by molar-refractivity contribution is 5.70. The molecule has 0 aliphatic heterocycles. The molecular weight excluding hydrogens is 741 g/mol. The van der Waals surface area contributed by atoms with E-state index in [0.29, 0.717) is 26.1 Å². The molecule has 0 rings (SSSR count). The van der Waals surface area contributed by atoms with Crippen molar-refractivity contribution in [2.24, 2.45) is 0 Å². The Morgan fingerprint density at radius 3 is 1.02 bits per heavy atom. The van der Waals surface area contributed by atoms with Gasteiger partial charge in [0.05, 0.1) is 6.61 Å². The van der Waals surface area contributed by atoms with Gasteiger partial charge in [0.25, 0.3) is 0 Å². The van der Waals surface area contributed by atoms with Crippen LogP contribution in [0, 0.1) is 0 Å². The minimum Gasteiger partial charge on any atom is -0.462 e. The lowest BCUT2D eigenvalue weighted by Gasteiger charge is -2.18. The molecule has 1 atom stereocenters. The molecule has 0 heterocycles. The Kier molecular flexibility index (Phi) is 50.8. The van der Waals surface area contributed by atoms with Crippen molar-refractivity contribution >= 4 is 11.9 Å². The van der Waals surface area contributed by atoms with Crippen LogP contribution in [0.25, 0.3) is 0 Å². The first kappa shape index (κ1) is 58.6. The van der Waals surface area contributed by atoms with Crippen molar-refractivity contribution in [2.45, 2.75) is 309 Å². The van der Waals surface area contributed by atoms with Gasteiger partial charge in [-0.1, -0.05) is 258 Å². The van der Waals surface area contributed by atoms with Gasteiger partial charge in [0.1, 0.15) is 6.61 Å². The van der Waals surface area contributed by atoms with Crippen molar-refractivity contribution in [1.29, 1.82) is 0 Å². The van der Waals surface area contributed by atoms with Crippen molar-refractivity contribution in [3.05, 3.63) is 12.2 Å². The number of hydrogen-bond donors (Lipinski definition) is 0. The number of esters is 2. The van der Waals surface area contributed by atoms with E-state index in [1.54, 1.807) is 0 Å². The van der Waals surface area contributed by atoms with Crippen LogP contribution in [0.4, 0.5) is 0 Å². The minimum atomic E-state index is -0.530. The number of unbranched alkanes of at least 4 members (excludes halogenated alkanes) is 38. The Morgan fingerprint density at radius 2 is 0.650 bits per heavy atom. The highest BCUT2D eigenvalue weighted by atomic mass is 16.6. The van der Waals surface area contributed by atoms with Crippen LogP contribution in [-0.4, -0.2) is 37.9 Å². The van der Waals surface area contributed by atoms with Crippen LogP contribution in [0.1, 0.15) is 303 Å². The number of hydrogen-bond acceptors (Lipinski definition) is 5. The Balaban J connectivity index is 4.22. The maximum absolute atomic E-state index is 12.8. The van der Waals surface area contributed by atoms with Gasteiger partial charge >= 0.3 is 11.9 Å². The third kappa shape index (κ3) is 49.3. The second-order valence-electron chi connectivity index (χ2n) is 18.5. The molecule has 0 aromatic heterocycles. The second-order valence-corrected chi connectivity index (χ2v) is 18.5. The zero-order valence-electron chi connectivity index (χ0n) is 41.0. The Bertz CT molecular complexity index is 871. The van der Waals surface area contributed by atoms with E-state index in [4.69, 9.17) is 14.2 Å². The van der Waals surface area contributed by atoms with E-state index in [1.807, 2.05) is 0 Å². The van der Waals surface area contributed by atoms with Crippen molar-refractivity contribution in [3.8, 4) is 0 Å². The van der Waals surface area contributed by atoms with Gasteiger partial charge in [-0.3, -0.25) is 9.59 Å². The zero-order chi connectivity index (χ0) is 43.5. The molecule has 5 heteroatoms. The Labute approximate surface area is 375 Å². The molecular formula is C55H106O5. The molecule has 0 aromatic rings. The number of rotatable bonds is 51. The van der Waals surface area contributed by atoms with Gasteiger partial charge in [-0.2, -0.15) is 0 Å². The van der Waals surface area contributed by atoms with Gasteiger partial charge in [0.15, 0.2) is 6.10 Å². The highest BCUT2D eigenvalue weighted by Gasteiger charge is 2.17. The summed E-state index contributed by atoms with van der Waals surface area (Å²) < 4.78 is 17.4. The summed E-state index contributed by atoms with van der Waals surface area (Å²) in [5.74, 6) is -0.383. The molecule has 0 aromatic carbocycles. The van der Waals surface area contributed by atoms with Crippen molar-refractivity contribution in [2.75, 3.05) is 19.8 Å². The lowest BCUT2D eigenvalue weighted by atomic mass is 10.0. The molecule has 0 aliphatic rings. The zero-order valence-corrected chi connectivity index (χ0v) is 41.0. The largest absolute Gasteiger partial charge is 0.462 e. The highest BCUT2D eigenvalue weighted by Crippen LogP contribution is 2.16. The van der Waals surface area contributed by atoms with Crippen LogP contribution in [0.3, 0.4) is 0 Å². The summed E-state index contributed by atoms with van der Waals surface area (Å²) in [6.07, 6.45) is 59.3. The minimum absolute atomic E-state index is 0.0917. The molecule has 0 spiro atoms. The van der Waals surface area contributed by atoms with Gasteiger partial charge in [-0.05, 0) is 44.9 Å². The summed E-state index contributed by atoms with van der Waals surface area (Å²) in [6.45, 7) is 7.89. The van der Waals surface area contributed by atoms with Crippen LogP contribution in [0.15, 0.2) is 12.2 Å². The second kappa shape index (κ2) is 52.0. The summed E-state index contributed by atoms with van der Waals surface area (Å²) in [5.41, 5.74) is 0. The third-order valence-corrected chi connectivity index (χ3v) is 12.3. The number of allylic oxidation sites excluding steroid dienone is 2. The maximum atomic E-state index is 12.8. The molecule has 5 nitrogen and oxygen atoms in total. The molecule has 0 radical (unpaired) electrons. The van der Waals surface area contributed by atoms with Gasteiger partial charge in [-0.25, -0.2) is 0 Å². The molecule has 0 fully saturated rings. The van der Waals surface area contributed by atoms with Crippen LogP contribution in [0.5, 0.6) is 0 Å². The smallest absolute Gasteiger partial charge is 0.306 e. The molecule has 0 amide bonds. The van der Waals surface area contributed by atoms with E-state index in [9.17, 15) is 9.59 Å². The average Bonchev–Trinajstić information content (AvgIpc) is 3.25. The number of carbonyl (C=O) groups excluding carboxylic acids is 2. The van der Waals surface area contributed by atoms with E-state index < -0.39 is 6.10 Å². The van der Waals surface area contributed by atoms with E-state index in [1.165, 1.54) is 225 Å². The normalized spacial score (nSPS) is 12.1. The van der Waals surface area contributed by atoms with E-state index in [0.717, 1.165) is 44.9 Å². The van der Waals surface area contributed by atoms with Gasteiger partial charge < -0.3 is 14.2 Å². The molecule has 0 aliphatic carbocycles. The number of carbonyl (C=O) groups is 2. The monoisotopic (exact) mass is 847 g/mol. The van der Waals surface area contributed by atoms with Crippen molar-refractivity contribution in [3.63, 3.8) is 0 Å². The first-order chi connectivity index (χ1) is 29.6. The molecule has 0 bridgehead atoms. The molecule has 1 unspecified atom stereocenters. The number of ether oxygens (including phenoxy) is 3. The summed E-state index contributed by atoms with van der Waals surface area (Å²) in [5, 5.41) is 0. The van der Waals surface area contributed by atoms with Crippen LogP contribution in [0.2, 0.25) is 0 Å². The van der Waals surface area contributed by atoms with Crippen LogP contribution in [-0.2, 0) is 23.8 Å². The van der Waals surface area contributed by atoms with Gasteiger partial charge in [0, 0.05) is 19.4 Å².